The van der Waals surface area contributed by atoms with E-state index >= 15 is 0 Å². The topological polar surface area (TPSA) is 80.4 Å². The lowest BCUT2D eigenvalue weighted by atomic mass is 10.1. The maximum atomic E-state index is 12.4. The van der Waals surface area contributed by atoms with Crippen molar-refractivity contribution in [3.63, 3.8) is 0 Å². The third kappa shape index (κ3) is 3.38. The molecule has 132 valence electrons. The highest BCUT2D eigenvalue weighted by atomic mass is 79.9. The number of ether oxygens (including phenoxy) is 2. The second-order valence-electron chi connectivity index (χ2n) is 5.54. The van der Waals surface area contributed by atoms with Crippen molar-refractivity contribution >= 4 is 38.9 Å². The fourth-order valence-electron chi connectivity index (χ4n) is 2.55. The van der Waals surface area contributed by atoms with Gasteiger partial charge in [-0.2, -0.15) is 0 Å². The number of thiophene rings is 1. The maximum Gasteiger partial charge on any atom is 0.271 e. The van der Waals surface area contributed by atoms with Crippen LogP contribution in [-0.4, -0.2) is 24.1 Å². The summed E-state index contributed by atoms with van der Waals surface area (Å²) in [4.78, 5) is 28.2. The van der Waals surface area contributed by atoms with Crippen molar-refractivity contribution in [2.24, 2.45) is 0 Å². The molecule has 1 aliphatic rings. The largest absolute Gasteiger partial charge is 0.486 e. The highest BCUT2D eigenvalue weighted by molar-refractivity contribution is 9.10. The van der Waals surface area contributed by atoms with E-state index in [0.717, 1.165) is 16.2 Å². The molecule has 4 rings (SSSR count). The Balaban J connectivity index is 1.57. The third-order valence-electron chi connectivity index (χ3n) is 3.77. The number of fused-ring (bicyclic) bond motifs is 1. The van der Waals surface area contributed by atoms with E-state index in [-0.39, 0.29) is 17.2 Å². The van der Waals surface area contributed by atoms with Gasteiger partial charge < -0.3 is 19.8 Å². The van der Waals surface area contributed by atoms with Crippen LogP contribution in [-0.2, 0) is 0 Å². The fraction of sp³-hybridized carbons (Fsp3) is 0.111. The molecule has 0 atom stereocenters. The van der Waals surface area contributed by atoms with Crippen molar-refractivity contribution in [2.75, 3.05) is 18.5 Å². The predicted molar refractivity (Wildman–Crippen MR) is 103 cm³/mol. The number of rotatable bonds is 3. The Hall–Kier alpha value is -2.58. The Morgan fingerprint density at radius 2 is 1.92 bits per heavy atom. The van der Waals surface area contributed by atoms with E-state index in [1.165, 1.54) is 17.5 Å². The first-order valence-electron chi connectivity index (χ1n) is 7.79. The predicted octanol–water partition coefficient (Wildman–Crippen LogP) is 3.89. The van der Waals surface area contributed by atoms with Crippen molar-refractivity contribution in [3.8, 4) is 21.9 Å². The standard InChI is InChI=1S/C18H13BrN2O4S/c19-11-8-12(17(22)20-9-11)21-18(23)16-4-3-15(26-16)10-1-2-13-14(7-10)25-6-5-24-13/h1-4,7-9H,5-6H2,(H,20,22)(H,21,23). The van der Waals surface area contributed by atoms with E-state index in [0.29, 0.717) is 28.3 Å². The first-order valence-corrected chi connectivity index (χ1v) is 9.40. The molecule has 0 unspecified atom stereocenters. The van der Waals surface area contributed by atoms with Crippen LogP contribution in [0.5, 0.6) is 11.5 Å². The van der Waals surface area contributed by atoms with Gasteiger partial charge >= 0.3 is 0 Å². The number of aromatic amines is 1. The number of nitrogens with one attached hydrogen (secondary N) is 2. The van der Waals surface area contributed by atoms with E-state index in [9.17, 15) is 9.59 Å². The Bertz CT molecular complexity index is 1040. The van der Waals surface area contributed by atoms with Crippen LogP contribution < -0.4 is 20.3 Å². The summed E-state index contributed by atoms with van der Waals surface area (Å²) in [5.74, 6) is 1.10. The SMILES string of the molecule is O=C(Nc1cc(Br)c[nH]c1=O)c1ccc(-c2ccc3c(c2)OCCO3)s1. The van der Waals surface area contributed by atoms with E-state index in [1.54, 1.807) is 12.1 Å². The molecule has 2 aromatic heterocycles. The molecule has 3 aromatic rings. The summed E-state index contributed by atoms with van der Waals surface area (Å²) < 4.78 is 11.8. The number of carbonyl (C=O) groups excluding carboxylic acids is 1. The van der Waals surface area contributed by atoms with Crippen LogP contribution in [0.2, 0.25) is 0 Å². The van der Waals surface area contributed by atoms with Crippen molar-refractivity contribution in [1.82, 2.24) is 4.98 Å². The number of hydrogen-bond donors (Lipinski definition) is 2. The zero-order chi connectivity index (χ0) is 18.1. The number of hydrogen-bond acceptors (Lipinski definition) is 5. The van der Waals surface area contributed by atoms with Gasteiger partial charge in [0.15, 0.2) is 11.5 Å². The van der Waals surface area contributed by atoms with Gasteiger partial charge in [-0.05, 0) is 57.9 Å². The number of halogens is 1. The third-order valence-corrected chi connectivity index (χ3v) is 5.36. The monoisotopic (exact) mass is 432 g/mol. The number of carbonyl (C=O) groups is 1. The molecule has 1 aromatic carbocycles. The first-order chi connectivity index (χ1) is 12.6. The van der Waals surface area contributed by atoms with E-state index in [4.69, 9.17) is 9.47 Å². The van der Waals surface area contributed by atoms with Crippen LogP contribution in [0.25, 0.3) is 10.4 Å². The van der Waals surface area contributed by atoms with Crippen molar-refractivity contribution in [3.05, 3.63) is 62.3 Å². The second kappa shape index (κ2) is 6.97. The summed E-state index contributed by atoms with van der Waals surface area (Å²) in [5, 5.41) is 2.64. The first kappa shape index (κ1) is 16.9. The van der Waals surface area contributed by atoms with Crippen molar-refractivity contribution < 1.29 is 14.3 Å². The molecule has 0 spiro atoms. The second-order valence-corrected chi connectivity index (χ2v) is 7.54. The average Bonchev–Trinajstić information content (AvgIpc) is 3.14. The number of benzene rings is 1. The highest BCUT2D eigenvalue weighted by Crippen LogP contribution is 2.37. The summed E-state index contributed by atoms with van der Waals surface area (Å²) in [7, 11) is 0. The van der Waals surface area contributed by atoms with E-state index in [2.05, 4.69) is 26.2 Å². The van der Waals surface area contributed by atoms with Gasteiger partial charge in [-0.25, -0.2) is 0 Å². The number of anilines is 1. The lowest BCUT2D eigenvalue weighted by Gasteiger charge is -2.18. The Kier molecular flexibility index (Phi) is 4.52. The summed E-state index contributed by atoms with van der Waals surface area (Å²) in [6, 6.07) is 10.9. The van der Waals surface area contributed by atoms with Gasteiger partial charge in [0.05, 0.1) is 4.88 Å². The van der Waals surface area contributed by atoms with Gasteiger partial charge in [-0.15, -0.1) is 11.3 Å². The van der Waals surface area contributed by atoms with Crippen LogP contribution in [0.15, 0.2) is 51.9 Å². The Labute approximate surface area is 160 Å². The lowest BCUT2D eigenvalue weighted by Crippen LogP contribution is -2.18. The van der Waals surface area contributed by atoms with Crippen LogP contribution in [0.4, 0.5) is 5.69 Å². The fourth-order valence-corrected chi connectivity index (χ4v) is 3.79. The molecule has 26 heavy (non-hydrogen) atoms. The molecular weight excluding hydrogens is 420 g/mol. The molecule has 1 amide bonds. The molecule has 0 radical (unpaired) electrons. The number of pyridine rings is 1. The minimum atomic E-state index is -0.356. The van der Waals surface area contributed by atoms with Crippen LogP contribution in [0.3, 0.4) is 0 Å². The lowest BCUT2D eigenvalue weighted by molar-refractivity contribution is 0.103. The average molecular weight is 433 g/mol. The summed E-state index contributed by atoms with van der Waals surface area (Å²) in [5.41, 5.74) is 0.780. The molecular formula is C18H13BrN2O4S. The van der Waals surface area contributed by atoms with Gasteiger partial charge in [-0.3, -0.25) is 9.59 Å². The molecule has 8 heteroatoms. The van der Waals surface area contributed by atoms with Gasteiger partial charge in [0.2, 0.25) is 0 Å². The molecule has 2 N–H and O–H groups in total. The van der Waals surface area contributed by atoms with Gasteiger partial charge in [0.25, 0.3) is 11.5 Å². The van der Waals surface area contributed by atoms with E-state index < -0.39 is 0 Å². The zero-order valence-electron chi connectivity index (χ0n) is 13.4. The van der Waals surface area contributed by atoms with Crippen LogP contribution in [0.1, 0.15) is 9.67 Å². The smallest absolute Gasteiger partial charge is 0.271 e. The Morgan fingerprint density at radius 1 is 1.12 bits per heavy atom. The van der Waals surface area contributed by atoms with Crippen molar-refractivity contribution in [1.29, 1.82) is 0 Å². The molecule has 3 heterocycles. The van der Waals surface area contributed by atoms with Gasteiger partial charge in [0, 0.05) is 15.5 Å². The van der Waals surface area contributed by atoms with E-state index in [1.807, 2.05) is 24.3 Å². The number of aromatic nitrogens is 1. The van der Waals surface area contributed by atoms with Crippen molar-refractivity contribution in [2.45, 2.75) is 0 Å². The summed E-state index contributed by atoms with van der Waals surface area (Å²) in [6.45, 7) is 1.07. The minimum Gasteiger partial charge on any atom is -0.486 e. The molecule has 0 bridgehead atoms. The Morgan fingerprint density at radius 3 is 2.77 bits per heavy atom. The zero-order valence-corrected chi connectivity index (χ0v) is 15.8. The summed E-state index contributed by atoms with van der Waals surface area (Å²) >= 11 is 4.61. The molecule has 0 saturated heterocycles. The quantitative estimate of drug-likeness (QED) is 0.657. The normalized spacial score (nSPS) is 12.7. The molecule has 0 fully saturated rings. The molecule has 6 nitrogen and oxygen atoms in total. The maximum absolute atomic E-state index is 12.4. The number of H-pyrrole nitrogens is 1. The highest BCUT2D eigenvalue weighted by Gasteiger charge is 2.15. The molecule has 0 saturated carbocycles. The number of amides is 1. The van der Waals surface area contributed by atoms with Gasteiger partial charge in [0.1, 0.15) is 18.9 Å². The molecule has 0 aliphatic carbocycles. The summed E-state index contributed by atoms with van der Waals surface area (Å²) in [6.07, 6.45) is 1.52. The van der Waals surface area contributed by atoms with Crippen LogP contribution >= 0.6 is 27.3 Å². The minimum absolute atomic E-state index is 0.193. The van der Waals surface area contributed by atoms with Gasteiger partial charge in [-0.1, -0.05) is 0 Å². The van der Waals surface area contributed by atoms with Crippen LogP contribution in [0, 0.1) is 0 Å². The molecule has 1 aliphatic heterocycles.